The van der Waals surface area contributed by atoms with E-state index in [1.165, 1.54) is 17.0 Å². The Morgan fingerprint density at radius 2 is 1.64 bits per heavy atom. The maximum atomic E-state index is 14.4. The van der Waals surface area contributed by atoms with Crippen molar-refractivity contribution in [3.05, 3.63) is 105 Å². The van der Waals surface area contributed by atoms with Crippen LogP contribution in [0.2, 0.25) is 10.0 Å². The van der Waals surface area contributed by atoms with Gasteiger partial charge in [-0.2, -0.15) is 0 Å². The van der Waals surface area contributed by atoms with Crippen molar-refractivity contribution in [3.63, 3.8) is 0 Å². The van der Waals surface area contributed by atoms with E-state index in [0.29, 0.717) is 18.0 Å². The second kappa shape index (κ2) is 11.8. The van der Waals surface area contributed by atoms with E-state index in [1.807, 2.05) is 37.3 Å². The lowest BCUT2D eigenvalue weighted by molar-refractivity contribution is -0.140. The lowest BCUT2D eigenvalue weighted by Crippen LogP contribution is -2.51. The van der Waals surface area contributed by atoms with Crippen molar-refractivity contribution in [1.82, 2.24) is 10.2 Å². The molecule has 33 heavy (non-hydrogen) atoms. The van der Waals surface area contributed by atoms with Gasteiger partial charge in [0.25, 0.3) is 0 Å². The molecule has 0 aliphatic carbocycles. The third kappa shape index (κ3) is 6.80. The molecule has 0 unspecified atom stereocenters. The minimum absolute atomic E-state index is 0.111. The molecule has 3 rings (SSSR count). The van der Waals surface area contributed by atoms with Gasteiger partial charge < -0.3 is 10.2 Å². The lowest BCUT2D eigenvalue weighted by atomic mass is 10.0. The minimum Gasteiger partial charge on any atom is -0.355 e. The minimum atomic E-state index is -0.791. The Hall–Kier alpha value is -2.89. The number of carbonyl (C=O) groups is 2. The predicted molar refractivity (Wildman–Crippen MR) is 130 cm³/mol. The van der Waals surface area contributed by atoms with Gasteiger partial charge in [-0.3, -0.25) is 9.59 Å². The van der Waals surface area contributed by atoms with Gasteiger partial charge in [-0.05, 0) is 42.3 Å². The number of hydrogen-bond donors (Lipinski definition) is 1. The fourth-order valence-electron chi connectivity index (χ4n) is 3.59. The molecule has 0 fully saturated rings. The van der Waals surface area contributed by atoms with Crippen LogP contribution in [0.4, 0.5) is 4.39 Å². The molecule has 0 saturated carbocycles. The molecular weight excluding hydrogens is 462 g/mol. The van der Waals surface area contributed by atoms with Gasteiger partial charge in [-0.25, -0.2) is 4.39 Å². The number of nitrogens with one attached hydrogen (secondary N) is 1. The fraction of sp³-hybridized carbons (Fsp3) is 0.231. The average Bonchev–Trinajstić information content (AvgIpc) is 2.80. The van der Waals surface area contributed by atoms with Crippen LogP contribution < -0.4 is 5.32 Å². The quantitative estimate of drug-likeness (QED) is 0.437. The highest BCUT2D eigenvalue weighted by atomic mass is 35.5. The summed E-state index contributed by atoms with van der Waals surface area (Å²) in [5.41, 5.74) is 1.82. The van der Waals surface area contributed by atoms with E-state index in [4.69, 9.17) is 23.2 Å². The van der Waals surface area contributed by atoms with Crippen LogP contribution in [-0.2, 0) is 29.0 Å². The molecule has 4 nitrogen and oxygen atoms in total. The lowest BCUT2D eigenvalue weighted by Gasteiger charge is -2.31. The summed E-state index contributed by atoms with van der Waals surface area (Å²) in [6, 6.07) is 20.0. The van der Waals surface area contributed by atoms with Crippen molar-refractivity contribution >= 4 is 35.0 Å². The van der Waals surface area contributed by atoms with Crippen molar-refractivity contribution in [3.8, 4) is 0 Å². The molecule has 2 amide bonds. The van der Waals surface area contributed by atoms with Crippen LogP contribution >= 0.6 is 23.2 Å². The van der Waals surface area contributed by atoms with Crippen molar-refractivity contribution in [1.29, 1.82) is 0 Å². The van der Waals surface area contributed by atoms with E-state index in [1.54, 1.807) is 30.3 Å². The molecule has 172 valence electrons. The van der Waals surface area contributed by atoms with E-state index in [9.17, 15) is 14.0 Å². The number of nitrogens with zero attached hydrogens (tertiary/aromatic N) is 1. The zero-order valence-corrected chi connectivity index (χ0v) is 19.7. The van der Waals surface area contributed by atoms with Crippen molar-refractivity contribution in [2.75, 3.05) is 6.54 Å². The highest BCUT2D eigenvalue weighted by Crippen LogP contribution is 2.23. The Labute approximate surface area is 203 Å². The Morgan fingerprint density at radius 3 is 2.27 bits per heavy atom. The summed E-state index contributed by atoms with van der Waals surface area (Å²) in [5.74, 6) is -1.23. The fourth-order valence-corrected chi connectivity index (χ4v) is 3.94. The summed E-state index contributed by atoms with van der Waals surface area (Å²) in [5, 5.41) is 3.57. The Balaban J connectivity index is 1.98. The predicted octanol–water partition coefficient (Wildman–Crippen LogP) is 5.45. The standard InChI is InChI=1S/C26H25Cl2FN2O2/c1-2-30-26(33)24(15-18-7-4-3-5-8-18)31(17-19-11-13-20(27)14-12-19)25(32)16-21-22(28)9-6-10-23(21)29/h3-14,24H,2,15-17H2,1H3,(H,30,33)/t24-/m0/s1. The first kappa shape index (κ1) is 24.7. The summed E-state index contributed by atoms with van der Waals surface area (Å²) < 4.78 is 14.4. The highest BCUT2D eigenvalue weighted by Gasteiger charge is 2.31. The van der Waals surface area contributed by atoms with Gasteiger partial charge >= 0.3 is 0 Å². The molecule has 0 aliphatic rings. The van der Waals surface area contributed by atoms with Gasteiger partial charge in [-0.1, -0.05) is 71.7 Å². The van der Waals surface area contributed by atoms with Crippen LogP contribution in [0.5, 0.6) is 0 Å². The maximum absolute atomic E-state index is 14.4. The molecule has 0 saturated heterocycles. The van der Waals surface area contributed by atoms with Gasteiger partial charge in [0, 0.05) is 35.1 Å². The normalized spacial score (nSPS) is 11.6. The second-order valence-corrected chi connectivity index (χ2v) is 8.47. The zero-order chi connectivity index (χ0) is 23.8. The molecule has 7 heteroatoms. The summed E-state index contributed by atoms with van der Waals surface area (Å²) in [4.78, 5) is 28.1. The Morgan fingerprint density at radius 1 is 0.939 bits per heavy atom. The molecule has 3 aromatic carbocycles. The van der Waals surface area contributed by atoms with E-state index in [-0.39, 0.29) is 29.5 Å². The molecule has 1 N–H and O–H groups in total. The molecule has 3 aromatic rings. The molecule has 0 heterocycles. The molecule has 0 spiro atoms. The van der Waals surface area contributed by atoms with Crippen LogP contribution in [-0.4, -0.2) is 29.3 Å². The van der Waals surface area contributed by atoms with Gasteiger partial charge in [0.15, 0.2) is 0 Å². The van der Waals surface area contributed by atoms with Gasteiger partial charge in [-0.15, -0.1) is 0 Å². The monoisotopic (exact) mass is 486 g/mol. The first-order valence-electron chi connectivity index (χ1n) is 10.7. The van der Waals surface area contributed by atoms with E-state index in [0.717, 1.165) is 11.1 Å². The first-order chi connectivity index (χ1) is 15.9. The van der Waals surface area contributed by atoms with Crippen LogP contribution in [0, 0.1) is 5.82 Å². The topological polar surface area (TPSA) is 49.4 Å². The number of likely N-dealkylation sites (N-methyl/N-ethyl adjacent to an activating group) is 1. The number of amides is 2. The van der Waals surface area contributed by atoms with Crippen LogP contribution in [0.1, 0.15) is 23.6 Å². The number of hydrogen-bond acceptors (Lipinski definition) is 2. The van der Waals surface area contributed by atoms with Crippen LogP contribution in [0.25, 0.3) is 0 Å². The molecule has 0 radical (unpaired) electrons. The number of benzene rings is 3. The van der Waals surface area contributed by atoms with Crippen molar-refractivity contribution < 1.29 is 14.0 Å². The van der Waals surface area contributed by atoms with Crippen molar-refractivity contribution in [2.45, 2.75) is 32.4 Å². The SMILES string of the molecule is CCNC(=O)[C@H](Cc1ccccc1)N(Cc1ccc(Cl)cc1)C(=O)Cc1c(F)cccc1Cl. The highest BCUT2D eigenvalue weighted by molar-refractivity contribution is 6.31. The third-order valence-corrected chi connectivity index (χ3v) is 5.88. The molecular formula is C26H25Cl2FN2O2. The van der Waals surface area contributed by atoms with Gasteiger partial charge in [0.2, 0.25) is 11.8 Å². The summed E-state index contributed by atoms with van der Waals surface area (Å²) >= 11 is 12.2. The molecule has 1 atom stereocenters. The Bertz CT molecular complexity index is 1070. The average molecular weight is 487 g/mol. The maximum Gasteiger partial charge on any atom is 0.243 e. The Kier molecular flexibility index (Phi) is 8.87. The number of halogens is 3. The van der Waals surface area contributed by atoms with Crippen molar-refractivity contribution in [2.24, 2.45) is 0 Å². The molecule has 0 bridgehead atoms. The molecule has 0 aliphatic heterocycles. The van der Waals surface area contributed by atoms with Crippen LogP contribution in [0.15, 0.2) is 72.8 Å². The van der Waals surface area contributed by atoms with E-state index < -0.39 is 17.8 Å². The van der Waals surface area contributed by atoms with Gasteiger partial charge in [0.05, 0.1) is 6.42 Å². The summed E-state index contributed by atoms with van der Waals surface area (Å²) in [6.07, 6.45) is 0.0563. The first-order valence-corrected chi connectivity index (χ1v) is 11.4. The third-order valence-electron chi connectivity index (χ3n) is 5.28. The smallest absolute Gasteiger partial charge is 0.243 e. The van der Waals surface area contributed by atoms with E-state index in [2.05, 4.69) is 5.32 Å². The van der Waals surface area contributed by atoms with Crippen LogP contribution in [0.3, 0.4) is 0 Å². The molecule has 0 aromatic heterocycles. The second-order valence-electron chi connectivity index (χ2n) is 7.63. The number of carbonyl (C=O) groups excluding carboxylic acids is 2. The van der Waals surface area contributed by atoms with E-state index >= 15 is 0 Å². The van der Waals surface area contributed by atoms with Gasteiger partial charge in [0.1, 0.15) is 11.9 Å². The number of rotatable bonds is 9. The summed E-state index contributed by atoms with van der Waals surface area (Å²) in [7, 11) is 0. The largest absolute Gasteiger partial charge is 0.355 e. The summed E-state index contributed by atoms with van der Waals surface area (Å²) in [6.45, 7) is 2.41. The zero-order valence-electron chi connectivity index (χ0n) is 18.2.